The van der Waals surface area contributed by atoms with E-state index in [0.717, 1.165) is 12.3 Å². The van der Waals surface area contributed by atoms with Crippen LogP contribution in [0.1, 0.15) is 44.2 Å². The lowest BCUT2D eigenvalue weighted by molar-refractivity contribution is -0.625. The molecule has 90 valence electrons. The van der Waals surface area contributed by atoms with Gasteiger partial charge in [0.15, 0.2) is 18.3 Å². The first kappa shape index (κ1) is 10.8. The van der Waals surface area contributed by atoms with Crippen molar-refractivity contribution in [3.8, 4) is 0 Å². The van der Waals surface area contributed by atoms with Crippen LogP contribution in [0.5, 0.6) is 0 Å². The molecule has 0 N–H and O–H groups in total. The maximum Gasteiger partial charge on any atom is 0.181 e. The summed E-state index contributed by atoms with van der Waals surface area (Å²) < 4.78 is 7.77. The second kappa shape index (κ2) is 4.17. The number of allylic oxidation sites excluding steroid dienone is 1. The molecule has 2 heteroatoms. The van der Waals surface area contributed by atoms with Crippen LogP contribution in [0.15, 0.2) is 35.2 Å². The van der Waals surface area contributed by atoms with Gasteiger partial charge in [-0.2, -0.15) is 0 Å². The zero-order valence-electron chi connectivity index (χ0n) is 10.4. The lowest BCUT2D eigenvalue weighted by Gasteiger charge is -2.34. The SMILES string of the molecule is C=C1C=[N+]2[C@H](c3ccoc3)CC[C@@H](C)[C@@H]2CC1. The van der Waals surface area contributed by atoms with E-state index in [2.05, 4.69) is 30.4 Å². The number of piperidine rings is 1. The Kier molecular flexibility index (Phi) is 2.65. The standard InChI is InChI=1S/C15H20NO/c1-11-3-5-14-12(2)4-6-15(16(14)9-11)13-7-8-17-10-13/h7-10,12,14-15H,1,3-6H2,2H3/q+1/t12-,14+,15+/m1/s1. The maximum absolute atomic E-state index is 5.24. The molecule has 2 aliphatic rings. The second-order valence-electron chi connectivity index (χ2n) is 5.47. The monoisotopic (exact) mass is 230 g/mol. The third kappa shape index (κ3) is 1.86. The summed E-state index contributed by atoms with van der Waals surface area (Å²) in [5, 5.41) is 0. The van der Waals surface area contributed by atoms with E-state index >= 15 is 0 Å². The molecule has 17 heavy (non-hydrogen) atoms. The maximum atomic E-state index is 5.24. The highest BCUT2D eigenvalue weighted by Gasteiger charge is 2.41. The van der Waals surface area contributed by atoms with Gasteiger partial charge in [-0.1, -0.05) is 13.5 Å². The van der Waals surface area contributed by atoms with Gasteiger partial charge in [-0.25, -0.2) is 4.58 Å². The lowest BCUT2D eigenvalue weighted by atomic mass is 9.81. The van der Waals surface area contributed by atoms with Gasteiger partial charge in [0.05, 0.1) is 11.8 Å². The van der Waals surface area contributed by atoms with E-state index in [0.29, 0.717) is 12.1 Å². The van der Waals surface area contributed by atoms with Crippen molar-refractivity contribution in [3.05, 3.63) is 36.3 Å². The summed E-state index contributed by atoms with van der Waals surface area (Å²) >= 11 is 0. The molecule has 1 aromatic heterocycles. The quantitative estimate of drug-likeness (QED) is 0.674. The Morgan fingerprint density at radius 1 is 1.35 bits per heavy atom. The Labute approximate surface area is 103 Å². The molecule has 1 aromatic rings. The third-order valence-electron chi connectivity index (χ3n) is 4.32. The molecule has 3 rings (SSSR count). The number of hydrogen-bond acceptors (Lipinski definition) is 1. The van der Waals surface area contributed by atoms with Crippen molar-refractivity contribution in [1.82, 2.24) is 0 Å². The van der Waals surface area contributed by atoms with Crippen molar-refractivity contribution in [2.24, 2.45) is 5.92 Å². The molecule has 3 atom stereocenters. The highest BCUT2D eigenvalue weighted by atomic mass is 16.3. The summed E-state index contributed by atoms with van der Waals surface area (Å²) in [7, 11) is 0. The van der Waals surface area contributed by atoms with Gasteiger partial charge in [-0.05, 0) is 18.9 Å². The summed E-state index contributed by atoms with van der Waals surface area (Å²) in [5.74, 6) is 0.794. The first-order valence-corrected chi connectivity index (χ1v) is 6.58. The molecule has 0 amide bonds. The van der Waals surface area contributed by atoms with E-state index in [9.17, 15) is 0 Å². The molecule has 1 fully saturated rings. The largest absolute Gasteiger partial charge is 0.472 e. The van der Waals surface area contributed by atoms with Gasteiger partial charge < -0.3 is 4.42 Å². The molecular weight excluding hydrogens is 210 g/mol. The number of rotatable bonds is 1. The average molecular weight is 230 g/mol. The number of fused-ring (bicyclic) bond motifs is 1. The summed E-state index contributed by atoms with van der Waals surface area (Å²) in [5.41, 5.74) is 2.58. The van der Waals surface area contributed by atoms with Crippen LogP contribution in [-0.4, -0.2) is 16.8 Å². The minimum Gasteiger partial charge on any atom is -0.472 e. The summed E-state index contributed by atoms with van der Waals surface area (Å²) in [4.78, 5) is 0. The molecule has 2 nitrogen and oxygen atoms in total. The lowest BCUT2D eigenvalue weighted by Crippen LogP contribution is -2.42. The minimum atomic E-state index is 0.493. The summed E-state index contributed by atoms with van der Waals surface area (Å²) in [6.07, 6.45) is 10.9. The molecule has 0 radical (unpaired) electrons. The highest BCUT2D eigenvalue weighted by Crippen LogP contribution is 2.37. The predicted octanol–water partition coefficient (Wildman–Crippen LogP) is 3.55. The van der Waals surface area contributed by atoms with Crippen LogP contribution in [0.3, 0.4) is 0 Å². The molecular formula is C15H20NO+. The fourth-order valence-electron chi connectivity index (χ4n) is 3.32. The predicted molar refractivity (Wildman–Crippen MR) is 68.3 cm³/mol. The highest BCUT2D eigenvalue weighted by molar-refractivity contribution is 5.74. The molecule has 3 heterocycles. The second-order valence-corrected chi connectivity index (χ2v) is 5.47. The molecule has 0 aromatic carbocycles. The van der Waals surface area contributed by atoms with E-state index in [-0.39, 0.29) is 0 Å². The van der Waals surface area contributed by atoms with Crippen LogP contribution in [0.2, 0.25) is 0 Å². The fourth-order valence-corrected chi connectivity index (χ4v) is 3.32. The van der Waals surface area contributed by atoms with Crippen LogP contribution < -0.4 is 0 Å². The fraction of sp³-hybridized carbons (Fsp3) is 0.533. The van der Waals surface area contributed by atoms with Gasteiger partial charge in [-0.3, -0.25) is 0 Å². The van der Waals surface area contributed by atoms with Gasteiger partial charge in [0, 0.05) is 24.3 Å². The van der Waals surface area contributed by atoms with Gasteiger partial charge in [0.1, 0.15) is 6.26 Å². The van der Waals surface area contributed by atoms with Crippen LogP contribution >= 0.6 is 0 Å². The molecule has 0 spiro atoms. The number of furan rings is 1. The zero-order valence-corrected chi connectivity index (χ0v) is 10.4. The van der Waals surface area contributed by atoms with Crippen LogP contribution in [-0.2, 0) is 0 Å². The zero-order chi connectivity index (χ0) is 11.8. The Balaban J connectivity index is 1.97. The number of nitrogens with zero attached hydrogens (tertiary/aromatic N) is 1. The van der Waals surface area contributed by atoms with Crippen LogP contribution in [0, 0.1) is 5.92 Å². The normalized spacial score (nSPS) is 33.1. The van der Waals surface area contributed by atoms with E-state index < -0.39 is 0 Å². The van der Waals surface area contributed by atoms with Crippen molar-refractivity contribution in [3.63, 3.8) is 0 Å². The molecule has 0 unspecified atom stereocenters. The molecule has 0 aliphatic carbocycles. The van der Waals surface area contributed by atoms with E-state index in [1.807, 2.05) is 6.26 Å². The third-order valence-corrected chi connectivity index (χ3v) is 4.32. The summed E-state index contributed by atoms with van der Waals surface area (Å²) in [6.45, 7) is 6.51. The minimum absolute atomic E-state index is 0.493. The topological polar surface area (TPSA) is 16.1 Å². The van der Waals surface area contributed by atoms with Crippen LogP contribution in [0.25, 0.3) is 0 Å². The van der Waals surface area contributed by atoms with Crippen LogP contribution in [0.4, 0.5) is 0 Å². The summed E-state index contributed by atoms with van der Waals surface area (Å²) in [6, 6.07) is 3.28. The first-order valence-electron chi connectivity index (χ1n) is 6.58. The van der Waals surface area contributed by atoms with Gasteiger partial charge in [-0.15, -0.1) is 0 Å². The van der Waals surface area contributed by atoms with Crippen molar-refractivity contribution in [2.75, 3.05) is 0 Å². The Morgan fingerprint density at radius 3 is 3.00 bits per heavy atom. The van der Waals surface area contributed by atoms with E-state index in [1.54, 1.807) is 6.26 Å². The first-order chi connectivity index (χ1) is 8.25. The van der Waals surface area contributed by atoms with Crippen molar-refractivity contribution in [1.29, 1.82) is 0 Å². The Hall–Kier alpha value is -1.31. The van der Waals surface area contributed by atoms with Crippen molar-refractivity contribution in [2.45, 2.75) is 44.7 Å². The average Bonchev–Trinajstić information content (AvgIpc) is 2.83. The number of hydrogen-bond donors (Lipinski definition) is 0. The smallest absolute Gasteiger partial charge is 0.181 e. The van der Waals surface area contributed by atoms with E-state index in [4.69, 9.17) is 4.42 Å². The molecule has 0 bridgehead atoms. The Bertz CT molecular complexity index is 443. The molecule has 0 saturated carbocycles. The van der Waals surface area contributed by atoms with Crippen molar-refractivity contribution >= 4 is 6.21 Å². The van der Waals surface area contributed by atoms with Gasteiger partial charge >= 0.3 is 0 Å². The molecule has 1 saturated heterocycles. The molecule has 2 aliphatic heterocycles. The van der Waals surface area contributed by atoms with Crippen molar-refractivity contribution < 1.29 is 8.99 Å². The van der Waals surface area contributed by atoms with E-state index in [1.165, 1.54) is 30.4 Å². The van der Waals surface area contributed by atoms with Gasteiger partial charge in [0.25, 0.3) is 0 Å². The Morgan fingerprint density at radius 2 is 2.24 bits per heavy atom. The van der Waals surface area contributed by atoms with Gasteiger partial charge in [0.2, 0.25) is 0 Å².